The molecule has 8 nitrogen and oxygen atoms in total. The number of esters is 1. The largest absolute Gasteiger partial charge is 0.454 e. The van der Waals surface area contributed by atoms with Gasteiger partial charge in [0.2, 0.25) is 5.78 Å². The topological polar surface area (TPSA) is 90.8 Å². The number of thiophene rings is 1. The first-order chi connectivity index (χ1) is 15.1. The van der Waals surface area contributed by atoms with Gasteiger partial charge in [0, 0.05) is 18.6 Å². The third-order valence-electron chi connectivity index (χ3n) is 4.88. The lowest BCUT2D eigenvalue weighted by Crippen LogP contribution is -2.19. The van der Waals surface area contributed by atoms with Crippen LogP contribution in [0.1, 0.15) is 21.7 Å². The van der Waals surface area contributed by atoms with Gasteiger partial charge in [0.1, 0.15) is 9.08 Å². The van der Waals surface area contributed by atoms with Crippen LogP contribution in [0.15, 0.2) is 45.5 Å². The molecule has 0 saturated heterocycles. The van der Waals surface area contributed by atoms with Crippen molar-refractivity contribution in [1.29, 1.82) is 0 Å². The van der Waals surface area contributed by atoms with E-state index in [2.05, 4.69) is 15.2 Å². The van der Waals surface area contributed by atoms with Crippen LogP contribution in [0.4, 0.5) is 0 Å². The number of hydrogen-bond acceptors (Lipinski definition) is 9. The van der Waals surface area contributed by atoms with E-state index in [4.69, 9.17) is 4.74 Å². The third-order valence-corrected chi connectivity index (χ3v) is 8.07. The fourth-order valence-corrected chi connectivity index (χ4v) is 6.21. The van der Waals surface area contributed by atoms with Crippen LogP contribution in [0.25, 0.3) is 16.0 Å². The van der Waals surface area contributed by atoms with E-state index in [0.717, 1.165) is 22.2 Å². The number of aliphatic imine (C=N–C) groups is 1. The van der Waals surface area contributed by atoms with Crippen LogP contribution in [0.2, 0.25) is 0 Å². The number of aromatic nitrogens is 4. The van der Waals surface area contributed by atoms with E-state index in [1.807, 2.05) is 29.6 Å². The van der Waals surface area contributed by atoms with E-state index in [9.17, 15) is 9.59 Å². The van der Waals surface area contributed by atoms with Crippen LogP contribution in [-0.4, -0.2) is 41.8 Å². The van der Waals surface area contributed by atoms with Gasteiger partial charge in [-0.25, -0.2) is 4.79 Å². The Hall–Kier alpha value is -2.63. The third kappa shape index (κ3) is 3.77. The lowest BCUT2D eigenvalue weighted by atomic mass is 10.1. The average molecular weight is 472 g/mol. The molecule has 0 saturated carbocycles. The minimum absolute atomic E-state index is 0.0484. The lowest BCUT2D eigenvalue weighted by Gasteiger charge is -2.09. The Bertz CT molecular complexity index is 1390. The van der Waals surface area contributed by atoms with Crippen molar-refractivity contribution in [3.63, 3.8) is 0 Å². The molecule has 3 aromatic heterocycles. The van der Waals surface area contributed by atoms with Crippen LogP contribution in [-0.2, 0) is 24.1 Å². The molecule has 0 amide bonds. The smallest absolute Gasteiger partial charge is 0.338 e. The predicted octanol–water partition coefficient (Wildman–Crippen LogP) is 3.34. The van der Waals surface area contributed by atoms with Crippen LogP contribution >= 0.6 is 34.9 Å². The molecular weight excluding hydrogens is 454 g/mol. The molecule has 0 aliphatic carbocycles. The molecule has 31 heavy (non-hydrogen) atoms. The van der Waals surface area contributed by atoms with Crippen LogP contribution < -0.4 is 5.56 Å². The van der Waals surface area contributed by atoms with E-state index >= 15 is 0 Å². The maximum Gasteiger partial charge on any atom is 0.338 e. The summed E-state index contributed by atoms with van der Waals surface area (Å²) in [6.45, 7) is 0.805. The van der Waals surface area contributed by atoms with Gasteiger partial charge in [-0.05, 0) is 23.1 Å². The molecule has 0 unspecified atom stereocenters. The summed E-state index contributed by atoms with van der Waals surface area (Å²) in [6, 6.07) is 9.28. The molecule has 4 aromatic rings. The number of thioether (sulfide) groups is 2. The summed E-state index contributed by atoms with van der Waals surface area (Å²) in [5.41, 5.74) is 2.03. The Morgan fingerprint density at radius 3 is 2.97 bits per heavy atom. The first-order valence-corrected chi connectivity index (χ1v) is 12.3. The van der Waals surface area contributed by atoms with Crippen molar-refractivity contribution in [1.82, 2.24) is 19.2 Å². The molecule has 0 radical (unpaired) electrons. The van der Waals surface area contributed by atoms with Gasteiger partial charge in [0.25, 0.3) is 5.56 Å². The van der Waals surface area contributed by atoms with Crippen molar-refractivity contribution in [2.24, 2.45) is 12.0 Å². The van der Waals surface area contributed by atoms with Gasteiger partial charge in [-0.2, -0.15) is 0 Å². The van der Waals surface area contributed by atoms with Crippen molar-refractivity contribution in [3.05, 3.63) is 63.0 Å². The molecule has 0 bridgehead atoms. The maximum absolute atomic E-state index is 12.9. The molecule has 0 spiro atoms. The van der Waals surface area contributed by atoms with Crippen molar-refractivity contribution in [2.75, 3.05) is 12.3 Å². The molecule has 4 heterocycles. The fraction of sp³-hybridized carbons (Fsp3) is 0.250. The van der Waals surface area contributed by atoms with Gasteiger partial charge in [-0.1, -0.05) is 41.7 Å². The molecule has 0 N–H and O–H groups in total. The zero-order valence-electron chi connectivity index (χ0n) is 16.5. The van der Waals surface area contributed by atoms with Crippen molar-refractivity contribution in [3.8, 4) is 0 Å². The number of benzene rings is 1. The Morgan fingerprint density at radius 2 is 2.13 bits per heavy atom. The average Bonchev–Trinajstić information content (AvgIpc) is 3.55. The summed E-state index contributed by atoms with van der Waals surface area (Å²) in [6.07, 6.45) is 0. The number of hydrogen-bond donors (Lipinski definition) is 0. The van der Waals surface area contributed by atoms with Crippen LogP contribution in [0, 0.1) is 0 Å². The van der Waals surface area contributed by atoms with E-state index in [-0.39, 0.29) is 12.2 Å². The summed E-state index contributed by atoms with van der Waals surface area (Å²) in [5.74, 6) is 2.13. The number of carbonyl (C=O) groups is 1. The number of rotatable bonds is 5. The summed E-state index contributed by atoms with van der Waals surface area (Å²) >= 11 is 4.75. The zero-order valence-corrected chi connectivity index (χ0v) is 18.9. The molecule has 11 heteroatoms. The highest BCUT2D eigenvalue weighted by molar-refractivity contribution is 8.38. The van der Waals surface area contributed by atoms with Gasteiger partial charge >= 0.3 is 5.97 Å². The molecule has 158 valence electrons. The van der Waals surface area contributed by atoms with Crippen molar-refractivity contribution in [2.45, 2.75) is 12.4 Å². The number of carbonyl (C=O) groups excluding carboxylic acids is 1. The van der Waals surface area contributed by atoms with E-state index in [1.165, 1.54) is 15.9 Å². The highest BCUT2D eigenvalue weighted by Crippen LogP contribution is 2.27. The summed E-state index contributed by atoms with van der Waals surface area (Å²) < 4.78 is 10.5. The first-order valence-electron chi connectivity index (χ1n) is 9.49. The summed E-state index contributed by atoms with van der Waals surface area (Å²) in [5, 5.41) is 10.1. The van der Waals surface area contributed by atoms with Gasteiger partial charge in [0.05, 0.1) is 17.6 Å². The molecule has 1 aliphatic rings. The molecule has 5 rings (SSSR count). The molecule has 0 atom stereocenters. The number of ether oxygens (including phenoxy) is 1. The van der Waals surface area contributed by atoms with Crippen molar-refractivity contribution >= 4 is 61.2 Å². The second-order valence-corrected chi connectivity index (χ2v) is 9.99. The minimum atomic E-state index is -0.416. The fourth-order valence-electron chi connectivity index (χ4n) is 3.34. The van der Waals surface area contributed by atoms with Crippen LogP contribution in [0.5, 0.6) is 0 Å². The number of nitrogens with zero attached hydrogens (tertiary/aromatic N) is 5. The highest BCUT2D eigenvalue weighted by atomic mass is 32.2. The normalized spacial score (nSPS) is 13.8. The number of fused-ring (bicyclic) bond motifs is 3. The summed E-state index contributed by atoms with van der Waals surface area (Å²) in [7, 11) is 1.65. The Labute approximate surface area is 189 Å². The zero-order chi connectivity index (χ0) is 21.4. The maximum atomic E-state index is 12.9. The van der Waals surface area contributed by atoms with Crippen LogP contribution in [0.3, 0.4) is 0 Å². The second kappa shape index (κ2) is 8.48. The Kier molecular flexibility index (Phi) is 5.55. The highest BCUT2D eigenvalue weighted by Gasteiger charge is 2.19. The van der Waals surface area contributed by atoms with Gasteiger partial charge in [-0.15, -0.1) is 21.5 Å². The standard InChI is InChI=1S/C20H17N5O3S3/c1-24-17(26)16-14(6-8-29-16)25-15(22-23-19(24)25)10-28-18(27)13-5-3-2-4-12(13)11-31-20-21-7-9-30-20/h2-6,8H,7,9-11H2,1H3. The quantitative estimate of drug-likeness (QED) is 0.412. The van der Waals surface area contributed by atoms with E-state index in [0.29, 0.717) is 33.1 Å². The SMILES string of the molecule is Cn1c(=O)c2sccc2n2c(COC(=O)c3ccccc3CSC3=NCCS3)nnc12. The molecule has 1 aromatic carbocycles. The van der Waals surface area contributed by atoms with Crippen molar-refractivity contribution < 1.29 is 9.53 Å². The minimum Gasteiger partial charge on any atom is -0.454 e. The predicted molar refractivity (Wildman–Crippen MR) is 125 cm³/mol. The van der Waals surface area contributed by atoms with E-state index < -0.39 is 5.97 Å². The monoisotopic (exact) mass is 471 g/mol. The Morgan fingerprint density at radius 1 is 1.26 bits per heavy atom. The molecule has 0 fully saturated rings. The number of aryl methyl sites for hydroxylation is 1. The second-order valence-electron chi connectivity index (χ2n) is 6.77. The van der Waals surface area contributed by atoms with Gasteiger partial charge in [-0.3, -0.25) is 18.8 Å². The first kappa shape index (κ1) is 20.3. The molecule has 1 aliphatic heterocycles. The van der Waals surface area contributed by atoms with E-state index in [1.54, 1.807) is 41.0 Å². The lowest BCUT2D eigenvalue weighted by molar-refractivity contribution is 0.0460. The molecular formula is C20H17N5O3S3. The Balaban J connectivity index is 1.38. The summed E-state index contributed by atoms with van der Waals surface area (Å²) in [4.78, 5) is 29.7. The van der Waals surface area contributed by atoms with Gasteiger partial charge in [0.15, 0.2) is 12.4 Å². The van der Waals surface area contributed by atoms with Gasteiger partial charge < -0.3 is 4.74 Å².